The van der Waals surface area contributed by atoms with Crippen LogP contribution in [-0.2, 0) is 23.7 Å². The van der Waals surface area contributed by atoms with Gasteiger partial charge < -0.3 is 65.1 Å². The number of rotatable bonds is 58. The van der Waals surface area contributed by atoms with E-state index in [1.54, 1.807) is 0 Å². The highest BCUT2D eigenvalue weighted by molar-refractivity contribution is 5.76. The molecule has 0 aromatic rings. The second-order valence-electron chi connectivity index (χ2n) is 25.0. The molecule has 494 valence electrons. The number of aliphatic hydroxyl groups excluding tert-OH is 8. The van der Waals surface area contributed by atoms with Gasteiger partial charge in [0.05, 0.1) is 32.0 Å². The summed E-state index contributed by atoms with van der Waals surface area (Å²) in [7, 11) is 0. The Labute approximate surface area is 512 Å². The van der Waals surface area contributed by atoms with E-state index < -0.39 is 86.8 Å². The molecule has 14 nitrogen and oxygen atoms in total. The molecule has 0 bridgehead atoms. The molecule has 2 rings (SSSR count). The van der Waals surface area contributed by atoms with E-state index >= 15 is 0 Å². The van der Waals surface area contributed by atoms with Crippen LogP contribution in [0.5, 0.6) is 0 Å². The average molecular weight is 1190 g/mol. The summed E-state index contributed by atoms with van der Waals surface area (Å²) in [4.78, 5) is 13.3. The van der Waals surface area contributed by atoms with E-state index in [-0.39, 0.29) is 12.5 Å². The second kappa shape index (κ2) is 55.3. The van der Waals surface area contributed by atoms with Gasteiger partial charge in [-0.2, -0.15) is 0 Å². The molecular weight excluding hydrogens is 1060 g/mol. The Morgan fingerprint density at radius 2 is 0.786 bits per heavy atom. The second-order valence-corrected chi connectivity index (χ2v) is 25.0. The summed E-state index contributed by atoms with van der Waals surface area (Å²) in [6, 6.07) is -0.828. The largest absolute Gasteiger partial charge is 0.394 e. The zero-order valence-corrected chi connectivity index (χ0v) is 53.7. The van der Waals surface area contributed by atoms with Crippen LogP contribution in [0.3, 0.4) is 0 Å². The van der Waals surface area contributed by atoms with Gasteiger partial charge in [0.2, 0.25) is 5.91 Å². The summed E-state index contributed by atoms with van der Waals surface area (Å²) >= 11 is 0. The van der Waals surface area contributed by atoms with Gasteiger partial charge in [0.25, 0.3) is 0 Å². The van der Waals surface area contributed by atoms with E-state index in [9.17, 15) is 45.6 Å². The van der Waals surface area contributed by atoms with Gasteiger partial charge in [-0.1, -0.05) is 288 Å². The Balaban J connectivity index is 1.62. The summed E-state index contributed by atoms with van der Waals surface area (Å²) in [5.41, 5.74) is 0. The number of unbranched alkanes of at least 4 members (excludes halogenated alkanes) is 39. The maximum absolute atomic E-state index is 13.3. The highest BCUT2D eigenvalue weighted by atomic mass is 16.7. The van der Waals surface area contributed by atoms with Crippen molar-refractivity contribution in [3.8, 4) is 0 Å². The Kier molecular flexibility index (Phi) is 51.5. The Bertz CT molecular complexity index is 1550. The Morgan fingerprint density at radius 3 is 1.20 bits per heavy atom. The van der Waals surface area contributed by atoms with Gasteiger partial charge in [-0.25, -0.2) is 0 Å². The van der Waals surface area contributed by atoms with Crippen molar-refractivity contribution < 1.29 is 64.6 Å². The molecule has 2 aliphatic heterocycles. The lowest BCUT2D eigenvalue weighted by molar-refractivity contribution is -0.359. The topological polar surface area (TPSA) is 228 Å². The van der Waals surface area contributed by atoms with E-state index in [2.05, 4.69) is 55.6 Å². The van der Waals surface area contributed by atoms with Crippen molar-refractivity contribution in [1.29, 1.82) is 0 Å². The normalized spacial score (nSPS) is 23.8. The van der Waals surface area contributed by atoms with E-state index in [0.717, 1.165) is 64.2 Å². The first-order valence-corrected chi connectivity index (χ1v) is 35.2. The number of carbonyl (C=O) groups is 1. The highest BCUT2D eigenvalue weighted by Crippen LogP contribution is 2.30. The first-order valence-electron chi connectivity index (χ1n) is 35.2. The van der Waals surface area contributed by atoms with Crippen LogP contribution >= 0.6 is 0 Å². The van der Waals surface area contributed by atoms with Crippen LogP contribution in [0.1, 0.15) is 309 Å². The van der Waals surface area contributed by atoms with Gasteiger partial charge in [-0.3, -0.25) is 4.79 Å². The first-order chi connectivity index (χ1) is 41.1. The molecule has 2 fully saturated rings. The lowest BCUT2D eigenvalue weighted by Gasteiger charge is -2.46. The number of aliphatic hydroxyl groups is 8. The number of carbonyl (C=O) groups excluding carboxylic acids is 1. The van der Waals surface area contributed by atoms with Crippen molar-refractivity contribution in [2.24, 2.45) is 0 Å². The minimum atomic E-state index is -1.78. The summed E-state index contributed by atoms with van der Waals surface area (Å²) < 4.78 is 22.9. The third kappa shape index (κ3) is 39.3. The number of hydrogen-bond donors (Lipinski definition) is 9. The van der Waals surface area contributed by atoms with Crippen LogP contribution < -0.4 is 5.32 Å². The van der Waals surface area contributed by atoms with Crippen LogP contribution in [0.25, 0.3) is 0 Å². The van der Waals surface area contributed by atoms with Gasteiger partial charge in [0, 0.05) is 6.42 Å². The molecule has 9 N–H and O–H groups in total. The molecule has 0 spiro atoms. The number of allylic oxidation sites excluding steroid dienone is 6. The third-order valence-electron chi connectivity index (χ3n) is 17.4. The number of nitrogens with one attached hydrogen (secondary N) is 1. The predicted molar refractivity (Wildman–Crippen MR) is 341 cm³/mol. The molecule has 2 aliphatic rings. The van der Waals surface area contributed by atoms with Crippen molar-refractivity contribution in [3.63, 3.8) is 0 Å². The van der Waals surface area contributed by atoms with Crippen molar-refractivity contribution in [2.45, 2.75) is 383 Å². The van der Waals surface area contributed by atoms with Gasteiger partial charge in [-0.15, -0.1) is 0 Å². The maximum atomic E-state index is 13.3. The van der Waals surface area contributed by atoms with E-state index in [1.807, 2.05) is 0 Å². The molecule has 12 atom stereocenters. The fraction of sp³-hybridized carbons (Fsp3) is 0.900. The molecule has 0 aromatic heterocycles. The fourth-order valence-electron chi connectivity index (χ4n) is 11.7. The molecular formula is C70H131NO13. The summed E-state index contributed by atoms with van der Waals surface area (Å²) in [6.45, 7) is 2.89. The zero-order valence-electron chi connectivity index (χ0n) is 53.7. The molecule has 14 heteroatoms. The molecule has 12 unspecified atom stereocenters. The van der Waals surface area contributed by atoms with Crippen LogP contribution in [0.2, 0.25) is 0 Å². The van der Waals surface area contributed by atoms with Crippen molar-refractivity contribution in [2.75, 3.05) is 19.8 Å². The molecule has 2 saturated heterocycles. The molecule has 0 saturated carbocycles. The maximum Gasteiger partial charge on any atom is 0.220 e. The first kappa shape index (κ1) is 78.3. The Morgan fingerprint density at radius 1 is 0.429 bits per heavy atom. The van der Waals surface area contributed by atoms with Crippen LogP contribution in [-0.4, -0.2) is 140 Å². The molecule has 2 heterocycles. The van der Waals surface area contributed by atoms with Crippen LogP contribution in [0.4, 0.5) is 0 Å². The van der Waals surface area contributed by atoms with Crippen LogP contribution in [0, 0.1) is 0 Å². The minimum absolute atomic E-state index is 0.202. The predicted octanol–water partition coefficient (Wildman–Crippen LogP) is 14.1. The summed E-state index contributed by atoms with van der Waals surface area (Å²) in [5.74, 6) is -0.202. The summed E-state index contributed by atoms with van der Waals surface area (Å²) in [5, 5.41) is 87.5. The molecule has 84 heavy (non-hydrogen) atoms. The monoisotopic (exact) mass is 1190 g/mol. The number of amides is 1. The number of hydrogen-bond acceptors (Lipinski definition) is 13. The fourth-order valence-corrected chi connectivity index (χ4v) is 11.7. The SMILES string of the molecule is CCCCCCC/C=C\C/C=C\C/C=C\CCCCCCCCCCCCCCCCCCCCC(=O)NC(COC1OC(CO)C(OC2OC(CO)C(O)C(O)C2O)C(O)C1O)C(O)CCCCCCCCCCCCCCCCCCC. The summed E-state index contributed by atoms with van der Waals surface area (Å²) in [6.07, 6.45) is 53.0. The van der Waals surface area contributed by atoms with Gasteiger partial charge in [0.1, 0.15) is 48.8 Å². The van der Waals surface area contributed by atoms with Crippen molar-refractivity contribution >= 4 is 5.91 Å². The minimum Gasteiger partial charge on any atom is -0.394 e. The highest BCUT2D eigenvalue weighted by Gasteiger charge is 2.51. The van der Waals surface area contributed by atoms with Crippen molar-refractivity contribution in [1.82, 2.24) is 5.32 Å². The van der Waals surface area contributed by atoms with Gasteiger partial charge in [0.15, 0.2) is 12.6 Å². The lowest BCUT2D eigenvalue weighted by Crippen LogP contribution is -2.65. The lowest BCUT2D eigenvalue weighted by atomic mass is 9.97. The molecule has 0 aliphatic carbocycles. The smallest absolute Gasteiger partial charge is 0.220 e. The van der Waals surface area contributed by atoms with E-state index in [0.29, 0.717) is 12.8 Å². The average Bonchev–Trinajstić information content (AvgIpc) is 3.17. The molecule has 0 aromatic carbocycles. The molecule has 0 radical (unpaired) electrons. The Hall–Kier alpha value is -1.79. The standard InChI is InChI=1S/C70H131NO13/c1-3-5-7-9-11-13-15-17-19-21-22-23-24-25-26-27-28-29-30-31-32-33-34-35-36-38-40-42-44-46-48-50-52-54-62(75)71-58(59(74)53-51-49-47-45-43-41-39-37-20-18-16-14-12-10-8-6-4-2)57-81-69-67(80)65(78)68(61(56-73)83-69)84-70-66(79)64(77)63(76)60(55-72)82-70/h15,17,21-22,24-25,58-61,63-70,72-74,76-80H,3-14,16,18-20,23,26-57H2,1-2H3,(H,71,75)/b17-15-,22-21-,25-24-. The van der Waals surface area contributed by atoms with Gasteiger partial charge in [-0.05, 0) is 51.4 Å². The quantitative estimate of drug-likeness (QED) is 0.0204. The third-order valence-corrected chi connectivity index (χ3v) is 17.4. The zero-order chi connectivity index (χ0) is 60.9. The van der Waals surface area contributed by atoms with E-state index in [4.69, 9.17) is 18.9 Å². The number of ether oxygens (including phenoxy) is 4. The van der Waals surface area contributed by atoms with Crippen molar-refractivity contribution in [3.05, 3.63) is 36.5 Å². The van der Waals surface area contributed by atoms with Gasteiger partial charge >= 0.3 is 0 Å². The van der Waals surface area contributed by atoms with E-state index in [1.165, 1.54) is 218 Å². The van der Waals surface area contributed by atoms with Crippen LogP contribution in [0.15, 0.2) is 36.5 Å². The molecule has 1 amide bonds.